The third kappa shape index (κ3) is 3.67. The van der Waals surface area contributed by atoms with E-state index in [2.05, 4.69) is 0 Å². The lowest BCUT2D eigenvalue weighted by molar-refractivity contribution is -0.134. The van der Waals surface area contributed by atoms with Crippen molar-refractivity contribution in [2.45, 2.75) is 29.8 Å². The largest absolute Gasteiger partial charge is 0.328 e. The first kappa shape index (κ1) is 21.0. The molecule has 1 fully saturated rings. The molecule has 1 atom stereocenters. The molecule has 2 amide bonds. The average Bonchev–Trinajstić information content (AvgIpc) is 3.52. The molecule has 2 heterocycles. The summed E-state index contributed by atoms with van der Waals surface area (Å²) in [6.45, 7) is -0.133. The number of nitrogens with zero attached hydrogens (tertiary/aromatic N) is 3. The minimum Gasteiger partial charge on any atom is -0.328 e. The number of hydrogen-bond donors (Lipinski definition) is 0. The topological polar surface area (TPSA) is 45.6 Å². The summed E-state index contributed by atoms with van der Waals surface area (Å²) in [5, 5.41) is 0. The highest BCUT2D eigenvalue weighted by Crippen LogP contribution is 2.42. The van der Waals surface area contributed by atoms with E-state index in [4.69, 9.17) is 23.2 Å². The summed E-state index contributed by atoms with van der Waals surface area (Å²) in [6, 6.07) is 17.1. The summed E-state index contributed by atoms with van der Waals surface area (Å²) in [7, 11) is 0. The molecule has 0 spiro atoms. The first-order valence-corrected chi connectivity index (χ1v) is 11.3. The van der Waals surface area contributed by atoms with Gasteiger partial charge in [-0.3, -0.25) is 14.5 Å². The molecule has 0 radical (unpaired) electrons. The minimum absolute atomic E-state index is 0.0281. The van der Waals surface area contributed by atoms with Gasteiger partial charge in [0.1, 0.15) is 18.4 Å². The number of hydrogen-bond acceptors (Lipinski definition) is 2. The van der Waals surface area contributed by atoms with Crippen LogP contribution in [0.25, 0.3) is 5.69 Å². The molecule has 2 aliphatic rings. The fourth-order valence-electron chi connectivity index (χ4n) is 4.34. The number of halogens is 3. The molecule has 5 nitrogen and oxygen atoms in total. The number of amides is 2. The van der Waals surface area contributed by atoms with Gasteiger partial charge in [-0.1, -0.05) is 47.5 Å². The van der Waals surface area contributed by atoms with E-state index in [1.165, 1.54) is 17.0 Å². The van der Waals surface area contributed by atoms with Crippen molar-refractivity contribution in [3.8, 4) is 5.69 Å². The van der Waals surface area contributed by atoms with Crippen LogP contribution in [0.5, 0.6) is 0 Å². The maximum atomic E-state index is 13.8. The number of fused-ring (bicyclic) bond motifs is 3. The predicted molar refractivity (Wildman–Crippen MR) is 122 cm³/mol. The molecular weight excluding hydrogens is 452 g/mol. The highest BCUT2D eigenvalue weighted by Gasteiger charge is 2.40. The summed E-state index contributed by atoms with van der Waals surface area (Å²) < 4.78 is 15.7. The normalized spacial score (nSPS) is 17.1. The molecule has 5 rings (SSSR count). The molecule has 3 aromatic rings. The number of benzene rings is 2. The Labute approximate surface area is 194 Å². The summed E-state index contributed by atoms with van der Waals surface area (Å²) in [5.41, 5.74) is 3.22. The molecule has 8 heteroatoms. The van der Waals surface area contributed by atoms with E-state index >= 15 is 0 Å². The summed E-state index contributed by atoms with van der Waals surface area (Å²) in [4.78, 5) is 28.3. The third-order valence-electron chi connectivity index (χ3n) is 5.94. The number of alkyl halides is 2. The Morgan fingerprint density at radius 1 is 1.00 bits per heavy atom. The van der Waals surface area contributed by atoms with Gasteiger partial charge in [0, 0.05) is 12.2 Å². The van der Waals surface area contributed by atoms with Crippen LogP contribution in [0, 0.1) is 5.82 Å². The van der Waals surface area contributed by atoms with Crippen molar-refractivity contribution in [3.63, 3.8) is 0 Å². The lowest BCUT2D eigenvalue weighted by Gasteiger charge is -2.39. The van der Waals surface area contributed by atoms with Gasteiger partial charge in [0.15, 0.2) is 4.84 Å². The van der Waals surface area contributed by atoms with Gasteiger partial charge in [0.05, 0.1) is 17.1 Å². The average molecular weight is 472 g/mol. The van der Waals surface area contributed by atoms with E-state index in [0.29, 0.717) is 5.69 Å². The van der Waals surface area contributed by atoms with Gasteiger partial charge in [-0.15, -0.1) is 0 Å². The molecule has 0 N–H and O–H groups in total. The van der Waals surface area contributed by atoms with Crippen LogP contribution in [-0.2, 0) is 9.59 Å². The van der Waals surface area contributed by atoms with Gasteiger partial charge < -0.3 is 9.47 Å². The number of para-hydroxylation sites is 2. The van der Waals surface area contributed by atoms with Crippen molar-refractivity contribution in [2.24, 2.45) is 0 Å². The second-order valence-electron chi connectivity index (χ2n) is 8.01. The van der Waals surface area contributed by atoms with Crippen LogP contribution in [0.3, 0.4) is 0 Å². The third-order valence-corrected chi connectivity index (χ3v) is 6.31. The van der Waals surface area contributed by atoms with Crippen molar-refractivity contribution in [1.82, 2.24) is 9.47 Å². The van der Waals surface area contributed by atoms with Gasteiger partial charge in [-0.25, -0.2) is 4.39 Å². The smallest absolute Gasteiger partial charge is 0.256 e. The second-order valence-corrected chi connectivity index (χ2v) is 9.10. The monoisotopic (exact) mass is 471 g/mol. The van der Waals surface area contributed by atoms with Crippen molar-refractivity contribution in [1.29, 1.82) is 0 Å². The van der Waals surface area contributed by atoms with Gasteiger partial charge in [-0.05, 0) is 54.8 Å². The minimum atomic E-state index is -1.22. The predicted octanol–water partition coefficient (Wildman–Crippen LogP) is 4.85. The fourth-order valence-corrected chi connectivity index (χ4v) is 4.59. The SMILES string of the molecule is O=C(C(Cl)Cl)N(CC(=O)N1c2ccccc2-n2cccc2C1c1ccc(F)cc1)C1CC1. The van der Waals surface area contributed by atoms with Crippen LogP contribution < -0.4 is 4.90 Å². The molecule has 32 heavy (non-hydrogen) atoms. The lowest BCUT2D eigenvalue weighted by Crippen LogP contribution is -2.48. The Kier molecular flexibility index (Phi) is 5.43. The molecule has 0 bridgehead atoms. The van der Waals surface area contributed by atoms with E-state index in [1.807, 2.05) is 47.2 Å². The molecule has 164 valence electrons. The molecular formula is C24H20Cl2FN3O2. The van der Waals surface area contributed by atoms with E-state index in [9.17, 15) is 14.0 Å². The molecule has 1 aliphatic carbocycles. The zero-order valence-corrected chi connectivity index (χ0v) is 18.5. The zero-order chi connectivity index (χ0) is 22.4. The van der Waals surface area contributed by atoms with Gasteiger partial charge in [0.25, 0.3) is 5.91 Å². The van der Waals surface area contributed by atoms with E-state index < -0.39 is 16.8 Å². The van der Waals surface area contributed by atoms with Gasteiger partial charge in [0.2, 0.25) is 5.91 Å². The number of carbonyl (C=O) groups excluding carboxylic acids is 2. The van der Waals surface area contributed by atoms with Crippen LogP contribution in [0.2, 0.25) is 0 Å². The molecule has 1 aliphatic heterocycles. The highest BCUT2D eigenvalue weighted by molar-refractivity contribution is 6.53. The van der Waals surface area contributed by atoms with Crippen LogP contribution in [0.15, 0.2) is 66.9 Å². The Bertz CT molecular complexity index is 1170. The van der Waals surface area contributed by atoms with Crippen molar-refractivity contribution in [2.75, 3.05) is 11.4 Å². The molecule has 2 aromatic carbocycles. The van der Waals surface area contributed by atoms with Crippen molar-refractivity contribution >= 4 is 40.7 Å². The van der Waals surface area contributed by atoms with Crippen LogP contribution in [-0.4, -0.2) is 38.7 Å². The Hall–Kier alpha value is -2.83. The Balaban J connectivity index is 1.59. The first-order chi connectivity index (χ1) is 15.5. The van der Waals surface area contributed by atoms with Crippen molar-refractivity contribution in [3.05, 3.63) is 83.9 Å². The lowest BCUT2D eigenvalue weighted by atomic mass is 9.97. The van der Waals surface area contributed by atoms with Gasteiger partial charge >= 0.3 is 0 Å². The maximum Gasteiger partial charge on any atom is 0.256 e. The molecule has 1 aromatic heterocycles. The summed E-state index contributed by atoms with van der Waals surface area (Å²) >= 11 is 11.7. The Morgan fingerprint density at radius 2 is 1.69 bits per heavy atom. The van der Waals surface area contributed by atoms with E-state index in [1.54, 1.807) is 17.0 Å². The van der Waals surface area contributed by atoms with Crippen molar-refractivity contribution < 1.29 is 14.0 Å². The van der Waals surface area contributed by atoms with Crippen LogP contribution in [0.4, 0.5) is 10.1 Å². The summed E-state index contributed by atoms with van der Waals surface area (Å²) in [6.07, 6.45) is 3.58. The number of carbonyl (C=O) groups is 2. The summed E-state index contributed by atoms with van der Waals surface area (Å²) in [5.74, 6) is -1.07. The molecule has 1 saturated carbocycles. The van der Waals surface area contributed by atoms with Crippen LogP contribution >= 0.6 is 23.2 Å². The number of rotatable bonds is 5. The fraction of sp³-hybridized carbons (Fsp3) is 0.250. The standard InChI is InChI=1S/C24H20Cl2FN3O2/c25-23(26)24(32)29(17-11-12-17)14-21(31)30-19-5-2-1-4-18(19)28-13-3-6-20(28)22(30)15-7-9-16(27)10-8-15/h1-10,13,17,22-23H,11-12,14H2. The maximum absolute atomic E-state index is 13.8. The second kappa shape index (κ2) is 8.26. The van der Waals surface area contributed by atoms with Crippen LogP contribution in [0.1, 0.15) is 30.1 Å². The first-order valence-electron chi connectivity index (χ1n) is 10.4. The van der Waals surface area contributed by atoms with Gasteiger partial charge in [-0.2, -0.15) is 0 Å². The van der Waals surface area contributed by atoms with E-state index in [-0.39, 0.29) is 24.3 Å². The highest BCUT2D eigenvalue weighted by atomic mass is 35.5. The quantitative estimate of drug-likeness (QED) is 0.499. The number of anilines is 1. The Morgan fingerprint density at radius 3 is 2.34 bits per heavy atom. The number of aromatic nitrogens is 1. The molecule has 0 saturated heterocycles. The zero-order valence-electron chi connectivity index (χ0n) is 17.0. The molecule has 1 unspecified atom stereocenters. The van der Waals surface area contributed by atoms with E-state index in [0.717, 1.165) is 29.8 Å².